The number of hydrogen-bond acceptors (Lipinski definition) is 3. The fourth-order valence-corrected chi connectivity index (χ4v) is 7.57. The largest absolute Gasteiger partial charge is 0.208 e. The summed E-state index contributed by atoms with van der Waals surface area (Å²) in [6.07, 6.45) is 0. The molecule has 10 aromatic rings. The summed E-state index contributed by atoms with van der Waals surface area (Å²) < 4.78 is 0. The molecule has 0 aliphatic rings. The van der Waals surface area contributed by atoms with Crippen LogP contribution in [0.2, 0.25) is 0 Å². The quantitative estimate of drug-likeness (QED) is 0.136. The lowest BCUT2D eigenvalue weighted by Crippen LogP contribution is -2.00. The van der Waals surface area contributed by atoms with E-state index in [9.17, 15) is 0 Å². The zero-order chi connectivity index (χ0) is 34.4. The van der Waals surface area contributed by atoms with E-state index < -0.39 is 0 Å². The van der Waals surface area contributed by atoms with Gasteiger partial charge in [0.05, 0.1) is 0 Å². The van der Waals surface area contributed by atoms with E-state index in [2.05, 4.69) is 158 Å². The zero-order valence-electron chi connectivity index (χ0n) is 28.2. The maximum Gasteiger partial charge on any atom is 0.164 e. The van der Waals surface area contributed by atoms with Gasteiger partial charge in [0.15, 0.2) is 17.5 Å². The monoisotopic (exact) mass is 661 g/mol. The van der Waals surface area contributed by atoms with Crippen molar-refractivity contribution in [1.29, 1.82) is 0 Å². The minimum absolute atomic E-state index is 0.639. The van der Waals surface area contributed by atoms with Gasteiger partial charge >= 0.3 is 0 Å². The molecule has 0 amide bonds. The molecular weight excluding hydrogens is 631 g/mol. The fraction of sp³-hybridized carbons (Fsp3) is 0. The Hall–Kier alpha value is -6.97. The molecule has 1 aromatic heterocycles. The van der Waals surface area contributed by atoms with Crippen LogP contribution in [0.4, 0.5) is 0 Å². The Morgan fingerprint density at radius 3 is 1.54 bits per heavy atom. The molecule has 0 aliphatic carbocycles. The van der Waals surface area contributed by atoms with Gasteiger partial charge < -0.3 is 0 Å². The smallest absolute Gasteiger partial charge is 0.164 e. The Kier molecular flexibility index (Phi) is 7.14. The van der Waals surface area contributed by atoms with Crippen LogP contribution in [0.3, 0.4) is 0 Å². The van der Waals surface area contributed by atoms with Crippen molar-refractivity contribution >= 4 is 43.1 Å². The highest BCUT2D eigenvalue weighted by Crippen LogP contribution is 2.40. The first-order valence-corrected chi connectivity index (χ1v) is 17.6. The molecule has 3 heteroatoms. The second kappa shape index (κ2) is 12.4. The summed E-state index contributed by atoms with van der Waals surface area (Å²) in [5.41, 5.74) is 7.52. The van der Waals surface area contributed by atoms with Gasteiger partial charge in [-0.25, -0.2) is 15.0 Å². The summed E-state index contributed by atoms with van der Waals surface area (Å²) in [5, 5.41) is 9.90. The van der Waals surface area contributed by atoms with Crippen molar-refractivity contribution in [2.75, 3.05) is 0 Å². The van der Waals surface area contributed by atoms with Gasteiger partial charge in [0.25, 0.3) is 0 Å². The topological polar surface area (TPSA) is 38.7 Å². The second-order valence-corrected chi connectivity index (χ2v) is 13.2. The van der Waals surface area contributed by atoms with E-state index >= 15 is 0 Å². The van der Waals surface area contributed by atoms with E-state index in [0.29, 0.717) is 17.5 Å². The van der Waals surface area contributed by atoms with Gasteiger partial charge in [-0.05, 0) is 77.5 Å². The molecule has 3 nitrogen and oxygen atoms in total. The Morgan fingerprint density at radius 1 is 0.250 bits per heavy atom. The Labute approximate surface area is 301 Å². The third-order valence-electron chi connectivity index (χ3n) is 10.1. The maximum absolute atomic E-state index is 5.11. The molecular formula is C49H31N3. The molecule has 0 bridgehead atoms. The van der Waals surface area contributed by atoms with Crippen molar-refractivity contribution in [1.82, 2.24) is 15.0 Å². The van der Waals surface area contributed by atoms with Crippen LogP contribution in [0.5, 0.6) is 0 Å². The number of hydrogen-bond donors (Lipinski definition) is 0. The van der Waals surface area contributed by atoms with Crippen molar-refractivity contribution in [3.8, 4) is 56.4 Å². The lowest BCUT2D eigenvalue weighted by atomic mass is 9.89. The summed E-state index contributed by atoms with van der Waals surface area (Å²) >= 11 is 0. The Morgan fingerprint density at radius 2 is 0.769 bits per heavy atom. The molecule has 0 spiro atoms. The van der Waals surface area contributed by atoms with Gasteiger partial charge in [-0.3, -0.25) is 0 Å². The number of aromatic nitrogens is 3. The number of benzene rings is 9. The van der Waals surface area contributed by atoms with E-state index in [1.54, 1.807) is 0 Å². The third kappa shape index (κ3) is 5.19. The minimum Gasteiger partial charge on any atom is -0.208 e. The van der Waals surface area contributed by atoms with Crippen LogP contribution in [-0.2, 0) is 0 Å². The summed E-state index contributed by atoms with van der Waals surface area (Å²) in [7, 11) is 0. The molecule has 0 fully saturated rings. The lowest BCUT2D eigenvalue weighted by molar-refractivity contribution is 1.07. The summed E-state index contributed by atoms with van der Waals surface area (Å²) in [6.45, 7) is 0. The van der Waals surface area contributed by atoms with Crippen molar-refractivity contribution < 1.29 is 0 Å². The van der Waals surface area contributed by atoms with Gasteiger partial charge in [0.2, 0.25) is 0 Å². The molecule has 1 heterocycles. The predicted molar refractivity (Wildman–Crippen MR) is 217 cm³/mol. The molecule has 52 heavy (non-hydrogen) atoms. The molecule has 10 rings (SSSR count). The highest BCUT2D eigenvalue weighted by Gasteiger charge is 2.16. The van der Waals surface area contributed by atoms with Crippen LogP contribution >= 0.6 is 0 Å². The van der Waals surface area contributed by atoms with Crippen LogP contribution < -0.4 is 0 Å². The van der Waals surface area contributed by atoms with Gasteiger partial charge in [0, 0.05) is 16.7 Å². The standard InChI is InChI=1S/C49H31N3/c1-2-14-35(15-3-1)47-50-48(52-49(51-47)39-19-10-18-37(30-39)42-23-11-17-32-12-4-7-20-40(32)42)36-26-24-34(25-27-36)46-43-22-9-6-16-38(43)31-45-41-21-8-5-13-33(41)28-29-44(45)46/h1-31H. The van der Waals surface area contributed by atoms with Crippen molar-refractivity contribution in [2.24, 2.45) is 0 Å². The molecule has 0 radical (unpaired) electrons. The Bertz CT molecular complexity index is 2940. The van der Waals surface area contributed by atoms with Gasteiger partial charge in [0.1, 0.15) is 0 Å². The number of nitrogens with zero attached hydrogens (tertiary/aromatic N) is 3. The first kappa shape index (κ1) is 29.9. The van der Waals surface area contributed by atoms with Crippen LogP contribution in [-0.4, -0.2) is 15.0 Å². The van der Waals surface area contributed by atoms with Gasteiger partial charge in [-0.2, -0.15) is 0 Å². The van der Waals surface area contributed by atoms with E-state index in [1.165, 1.54) is 54.2 Å². The van der Waals surface area contributed by atoms with E-state index in [-0.39, 0.29) is 0 Å². The van der Waals surface area contributed by atoms with E-state index in [0.717, 1.165) is 27.8 Å². The van der Waals surface area contributed by atoms with Crippen molar-refractivity contribution in [3.63, 3.8) is 0 Å². The van der Waals surface area contributed by atoms with Crippen LogP contribution in [0.15, 0.2) is 188 Å². The SMILES string of the molecule is c1ccc(-c2nc(-c3ccc(-c4c5ccccc5cc5c4ccc4ccccc45)cc3)nc(-c3cccc(-c4cccc5ccccc45)c3)n2)cc1. The van der Waals surface area contributed by atoms with Crippen LogP contribution in [0.1, 0.15) is 0 Å². The lowest BCUT2D eigenvalue weighted by Gasteiger charge is -2.14. The molecule has 0 aliphatic heterocycles. The predicted octanol–water partition coefficient (Wildman–Crippen LogP) is 12.8. The van der Waals surface area contributed by atoms with E-state index in [4.69, 9.17) is 15.0 Å². The average molecular weight is 662 g/mol. The zero-order valence-corrected chi connectivity index (χ0v) is 28.2. The maximum atomic E-state index is 5.11. The molecule has 9 aromatic carbocycles. The molecule has 0 unspecified atom stereocenters. The third-order valence-corrected chi connectivity index (χ3v) is 10.1. The normalized spacial score (nSPS) is 11.5. The summed E-state index contributed by atoms with van der Waals surface area (Å²) in [5.74, 6) is 1.92. The average Bonchev–Trinajstić information content (AvgIpc) is 3.23. The highest BCUT2D eigenvalue weighted by atomic mass is 15.0. The summed E-state index contributed by atoms with van der Waals surface area (Å²) in [4.78, 5) is 15.2. The van der Waals surface area contributed by atoms with Crippen molar-refractivity contribution in [3.05, 3.63) is 188 Å². The Balaban J connectivity index is 1.11. The van der Waals surface area contributed by atoms with Gasteiger partial charge in [-0.1, -0.05) is 176 Å². The van der Waals surface area contributed by atoms with Gasteiger partial charge in [-0.15, -0.1) is 0 Å². The second-order valence-electron chi connectivity index (χ2n) is 13.2. The summed E-state index contributed by atoms with van der Waals surface area (Å²) in [6, 6.07) is 66.5. The highest BCUT2D eigenvalue weighted by molar-refractivity contribution is 6.20. The van der Waals surface area contributed by atoms with E-state index in [1.807, 2.05) is 30.3 Å². The first-order chi connectivity index (χ1) is 25.8. The van der Waals surface area contributed by atoms with Crippen molar-refractivity contribution in [2.45, 2.75) is 0 Å². The minimum atomic E-state index is 0.639. The first-order valence-electron chi connectivity index (χ1n) is 17.6. The molecule has 0 N–H and O–H groups in total. The van der Waals surface area contributed by atoms with Crippen LogP contribution in [0, 0.1) is 0 Å². The molecule has 0 saturated carbocycles. The molecule has 0 atom stereocenters. The number of fused-ring (bicyclic) bond motifs is 5. The fourth-order valence-electron chi connectivity index (χ4n) is 7.57. The number of rotatable bonds is 5. The molecule has 242 valence electrons. The molecule has 0 saturated heterocycles. The van der Waals surface area contributed by atoms with Crippen LogP contribution in [0.25, 0.3) is 99.5 Å².